The number of hydrogen-bond acceptors (Lipinski definition) is 3. The number of halogens is 1. The van der Waals surface area contributed by atoms with Crippen LogP contribution in [0.4, 0.5) is 0 Å². The van der Waals surface area contributed by atoms with E-state index in [0.29, 0.717) is 22.6 Å². The molecule has 6 heteroatoms. The molecular weight excluding hydrogens is 326 g/mol. The molecule has 3 aromatic rings. The summed E-state index contributed by atoms with van der Waals surface area (Å²) >= 11 is 5.87. The van der Waals surface area contributed by atoms with Crippen molar-refractivity contribution in [3.05, 3.63) is 75.7 Å². The lowest BCUT2D eigenvalue weighted by Gasteiger charge is -2.18. The van der Waals surface area contributed by atoms with Crippen LogP contribution in [-0.4, -0.2) is 27.4 Å². The Labute approximate surface area is 144 Å². The van der Waals surface area contributed by atoms with Gasteiger partial charge < -0.3 is 4.90 Å². The molecule has 0 unspecified atom stereocenters. The van der Waals surface area contributed by atoms with Crippen LogP contribution in [0.2, 0.25) is 5.02 Å². The highest BCUT2D eigenvalue weighted by Crippen LogP contribution is 2.12. The van der Waals surface area contributed by atoms with Crippen molar-refractivity contribution in [2.24, 2.45) is 0 Å². The lowest BCUT2D eigenvalue weighted by atomic mass is 10.2. The highest BCUT2D eigenvalue weighted by molar-refractivity contribution is 6.30. The Balaban J connectivity index is 1.80. The number of carbonyl (C=O) groups is 1. The van der Waals surface area contributed by atoms with Crippen LogP contribution in [0.25, 0.3) is 11.0 Å². The van der Waals surface area contributed by atoms with Crippen molar-refractivity contribution in [3.63, 3.8) is 0 Å². The van der Waals surface area contributed by atoms with Crippen LogP contribution in [-0.2, 0) is 17.9 Å². The molecule has 0 saturated carbocycles. The van der Waals surface area contributed by atoms with Gasteiger partial charge in [0.25, 0.3) is 5.56 Å². The maximum Gasteiger partial charge on any atom is 0.269 e. The van der Waals surface area contributed by atoms with Crippen LogP contribution in [0.15, 0.2) is 59.5 Å². The molecule has 3 rings (SSSR count). The zero-order chi connectivity index (χ0) is 17.1. The fourth-order valence-corrected chi connectivity index (χ4v) is 2.61. The summed E-state index contributed by atoms with van der Waals surface area (Å²) in [6.45, 7) is 0.430. The summed E-state index contributed by atoms with van der Waals surface area (Å²) in [5.41, 5.74) is 2.02. The van der Waals surface area contributed by atoms with Gasteiger partial charge in [-0.2, -0.15) is 0 Å². The summed E-state index contributed by atoms with van der Waals surface area (Å²) in [7, 11) is 1.71. The van der Waals surface area contributed by atoms with Crippen molar-refractivity contribution in [2.45, 2.75) is 13.1 Å². The molecule has 0 aliphatic carbocycles. The first-order chi connectivity index (χ1) is 11.5. The summed E-state index contributed by atoms with van der Waals surface area (Å²) in [4.78, 5) is 30.3. The van der Waals surface area contributed by atoms with Crippen LogP contribution in [0, 0.1) is 0 Å². The van der Waals surface area contributed by atoms with Gasteiger partial charge in [0.1, 0.15) is 6.54 Å². The van der Waals surface area contributed by atoms with Crippen LogP contribution in [0.1, 0.15) is 5.56 Å². The molecule has 0 bridgehead atoms. The van der Waals surface area contributed by atoms with E-state index < -0.39 is 0 Å². The number of benzene rings is 2. The molecule has 0 N–H and O–H groups in total. The standard InChI is InChI=1S/C18H16ClN3O2/c1-21(11-13-6-8-14(19)9-7-13)18(24)12-22-16-5-3-2-4-15(16)20-10-17(22)23/h2-10H,11-12H2,1H3. The number of fused-ring (bicyclic) bond motifs is 1. The number of rotatable bonds is 4. The van der Waals surface area contributed by atoms with Crippen LogP contribution < -0.4 is 5.56 Å². The van der Waals surface area contributed by atoms with E-state index in [-0.39, 0.29) is 18.0 Å². The van der Waals surface area contributed by atoms with Gasteiger partial charge in [0.15, 0.2) is 0 Å². The maximum absolute atomic E-state index is 12.5. The van der Waals surface area contributed by atoms with Gasteiger partial charge in [-0.05, 0) is 29.8 Å². The molecule has 122 valence electrons. The molecular formula is C18H16ClN3O2. The predicted octanol–water partition coefficient (Wildman–Crippen LogP) is 2.71. The van der Waals surface area contributed by atoms with Crippen molar-refractivity contribution in [3.8, 4) is 0 Å². The van der Waals surface area contributed by atoms with Crippen LogP contribution in [0.5, 0.6) is 0 Å². The number of likely N-dealkylation sites (N-methyl/N-ethyl adjacent to an activating group) is 1. The van der Waals surface area contributed by atoms with E-state index in [0.717, 1.165) is 5.56 Å². The monoisotopic (exact) mass is 341 g/mol. The van der Waals surface area contributed by atoms with Crippen molar-refractivity contribution in [2.75, 3.05) is 7.05 Å². The van der Waals surface area contributed by atoms with E-state index in [1.54, 1.807) is 30.1 Å². The molecule has 0 aliphatic heterocycles. The van der Waals surface area contributed by atoms with Gasteiger partial charge in [-0.3, -0.25) is 14.2 Å². The van der Waals surface area contributed by atoms with Crippen molar-refractivity contribution >= 4 is 28.5 Å². The summed E-state index contributed by atoms with van der Waals surface area (Å²) in [6, 6.07) is 14.6. The Morgan fingerprint density at radius 2 is 1.88 bits per heavy atom. The van der Waals surface area contributed by atoms with Crippen molar-refractivity contribution in [1.29, 1.82) is 0 Å². The SMILES string of the molecule is CN(Cc1ccc(Cl)cc1)C(=O)Cn1c(=O)cnc2ccccc21. The van der Waals surface area contributed by atoms with Gasteiger partial charge in [0.2, 0.25) is 5.91 Å². The zero-order valence-electron chi connectivity index (χ0n) is 13.1. The van der Waals surface area contributed by atoms with E-state index >= 15 is 0 Å². The number of nitrogens with zero attached hydrogens (tertiary/aromatic N) is 3. The second kappa shape index (κ2) is 6.84. The first kappa shape index (κ1) is 16.2. The molecule has 1 amide bonds. The number of carbonyl (C=O) groups excluding carboxylic acids is 1. The molecule has 1 aromatic heterocycles. The van der Waals surface area contributed by atoms with Crippen LogP contribution >= 0.6 is 11.6 Å². The Hall–Kier alpha value is -2.66. The number of hydrogen-bond donors (Lipinski definition) is 0. The summed E-state index contributed by atoms with van der Waals surface area (Å²) in [5, 5.41) is 0.655. The molecule has 0 radical (unpaired) electrons. The first-order valence-electron chi connectivity index (χ1n) is 7.47. The minimum Gasteiger partial charge on any atom is -0.340 e. The fraction of sp³-hybridized carbons (Fsp3) is 0.167. The van der Waals surface area contributed by atoms with Gasteiger partial charge in [-0.15, -0.1) is 0 Å². The Morgan fingerprint density at radius 3 is 2.62 bits per heavy atom. The normalized spacial score (nSPS) is 10.8. The Morgan fingerprint density at radius 1 is 1.17 bits per heavy atom. The van der Waals surface area contributed by atoms with E-state index in [4.69, 9.17) is 11.6 Å². The second-order valence-corrected chi connectivity index (χ2v) is 5.98. The largest absolute Gasteiger partial charge is 0.340 e. The molecule has 24 heavy (non-hydrogen) atoms. The predicted molar refractivity (Wildman–Crippen MR) is 93.9 cm³/mol. The van der Waals surface area contributed by atoms with E-state index in [1.807, 2.05) is 30.3 Å². The molecule has 5 nitrogen and oxygen atoms in total. The zero-order valence-corrected chi connectivity index (χ0v) is 13.9. The smallest absolute Gasteiger partial charge is 0.269 e. The molecule has 0 fully saturated rings. The molecule has 0 aliphatic rings. The highest BCUT2D eigenvalue weighted by atomic mass is 35.5. The molecule has 0 atom stereocenters. The summed E-state index contributed by atoms with van der Waals surface area (Å²) in [5.74, 6) is -0.150. The van der Waals surface area contributed by atoms with Crippen molar-refractivity contribution in [1.82, 2.24) is 14.5 Å². The van der Waals surface area contributed by atoms with Gasteiger partial charge in [-0.25, -0.2) is 4.98 Å². The fourth-order valence-electron chi connectivity index (χ4n) is 2.49. The second-order valence-electron chi connectivity index (χ2n) is 5.55. The average Bonchev–Trinajstić information content (AvgIpc) is 2.59. The lowest BCUT2D eigenvalue weighted by molar-refractivity contribution is -0.131. The Kier molecular flexibility index (Phi) is 4.62. The minimum absolute atomic E-state index is 0.0219. The van der Waals surface area contributed by atoms with Gasteiger partial charge in [0, 0.05) is 18.6 Å². The van der Waals surface area contributed by atoms with E-state index in [1.165, 1.54) is 10.8 Å². The first-order valence-corrected chi connectivity index (χ1v) is 7.85. The third-order valence-corrected chi connectivity index (χ3v) is 4.06. The Bertz CT molecular complexity index is 935. The van der Waals surface area contributed by atoms with E-state index in [2.05, 4.69) is 4.98 Å². The molecule has 0 spiro atoms. The summed E-state index contributed by atoms with van der Waals surface area (Å²) in [6.07, 6.45) is 1.24. The third-order valence-electron chi connectivity index (χ3n) is 3.80. The third kappa shape index (κ3) is 3.46. The quantitative estimate of drug-likeness (QED) is 0.733. The number of amides is 1. The van der Waals surface area contributed by atoms with Gasteiger partial charge in [0.05, 0.1) is 17.2 Å². The van der Waals surface area contributed by atoms with Gasteiger partial charge in [-0.1, -0.05) is 35.9 Å². The highest BCUT2D eigenvalue weighted by Gasteiger charge is 2.13. The molecule has 2 aromatic carbocycles. The average molecular weight is 342 g/mol. The van der Waals surface area contributed by atoms with E-state index in [9.17, 15) is 9.59 Å². The summed E-state index contributed by atoms with van der Waals surface area (Å²) < 4.78 is 1.45. The lowest BCUT2D eigenvalue weighted by Crippen LogP contribution is -2.33. The number of aromatic nitrogens is 2. The van der Waals surface area contributed by atoms with Crippen LogP contribution in [0.3, 0.4) is 0 Å². The maximum atomic E-state index is 12.5. The molecule has 0 saturated heterocycles. The topological polar surface area (TPSA) is 55.2 Å². The minimum atomic E-state index is -0.290. The number of para-hydroxylation sites is 2. The molecule has 1 heterocycles. The van der Waals surface area contributed by atoms with Crippen molar-refractivity contribution < 1.29 is 4.79 Å². The van der Waals surface area contributed by atoms with Gasteiger partial charge >= 0.3 is 0 Å².